The van der Waals surface area contributed by atoms with E-state index in [-0.39, 0.29) is 29.3 Å². The summed E-state index contributed by atoms with van der Waals surface area (Å²) < 4.78 is 10.2. The molecule has 1 fully saturated rings. The summed E-state index contributed by atoms with van der Waals surface area (Å²) in [6.07, 6.45) is 4.88. The van der Waals surface area contributed by atoms with Crippen LogP contribution in [-0.2, 0) is 0 Å². The molecule has 0 unspecified atom stereocenters. The molecule has 132 valence electrons. The highest BCUT2D eigenvalue weighted by Crippen LogP contribution is 2.34. The summed E-state index contributed by atoms with van der Waals surface area (Å²) in [5, 5.41) is 14.0. The second kappa shape index (κ2) is 7.48. The topological polar surface area (TPSA) is 117 Å². The Balaban J connectivity index is 2.22. The second-order valence-electron chi connectivity index (χ2n) is 6.09. The maximum atomic E-state index is 12.5. The van der Waals surface area contributed by atoms with Crippen LogP contribution in [0.15, 0.2) is 12.1 Å². The van der Waals surface area contributed by atoms with Crippen LogP contribution >= 0.6 is 0 Å². The first-order chi connectivity index (χ1) is 11.4. The van der Waals surface area contributed by atoms with Crippen LogP contribution in [0, 0.1) is 10.1 Å². The molecule has 8 heteroatoms. The van der Waals surface area contributed by atoms with Crippen molar-refractivity contribution in [3.8, 4) is 11.5 Å². The summed E-state index contributed by atoms with van der Waals surface area (Å²) in [5.74, 6) is -0.0882. The van der Waals surface area contributed by atoms with Crippen molar-refractivity contribution in [3.63, 3.8) is 0 Å². The molecule has 0 heterocycles. The van der Waals surface area contributed by atoms with Gasteiger partial charge in [0.05, 0.1) is 25.2 Å². The van der Waals surface area contributed by atoms with Crippen LogP contribution in [0.4, 0.5) is 5.69 Å². The van der Waals surface area contributed by atoms with Gasteiger partial charge in [0.15, 0.2) is 11.5 Å². The maximum Gasteiger partial charge on any atom is 0.286 e. The number of nitrogens with one attached hydrogen (secondary N) is 1. The molecule has 0 saturated heterocycles. The average molecular weight is 337 g/mol. The SMILES string of the molecule is COc1cc(C(=O)NCC2(N)CCCCC2)c([N+](=O)[O-])cc1OC. The minimum absolute atomic E-state index is 0.0722. The average Bonchev–Trinajstić information content (AvgIpc) is 2.59. The van der Waals surface area contributed by atoms with E-state index in [0.29, 0.717) is 0 Å². The molecule has 24 heavy (non-hydrogen) atoms. The molecule has 1 amide bonds. The monoisotopic (exact) mass is 337 g/mol. The summed E-state index contributed by atoms with van der Waals surface area (Å²) >= 11 is 0. The first-order valence-corrected chi connectivity index (χ1v) is 7.88. The lowest BCUT2D eigenvalue weighted by Crippen LogP contribution is -2.51. The first kappa shape index (κ1) is 18.0. The highest BCUT2D eigenvalue weighted by Gasteiger charge is 2.30. The first-order valence-electron chi connectivity index (χ1n) is 7.88. The number of carbonyl (C=O) groups is 1. The predicted molar refractivity (Wildman–Crippen MR) is 88.5 cm³/mol. The zero-order chi connectivity index (χ0) is 17.7. The molecular formula is C16H23N3O5. The van der Waals surface area contributed by atoms with Gasteiger partial charge in [0.1, 0.15) is 5.56 Å². The van der Waals surface area contributed by atoms with E-state index in [4.69, 9.17) is 15.2 Å². The second-order valence-corrected chi connectivity index (χ2v) is 6.09. The molecule has 0 radical (unpaired) electrons. The van der Waals surface area contributed by atoms with Crippen molar-refractivity contribution in [2.75, 3.05) is 20.8 Å². The number of hydrogen-bond donors (Lipinski definition) is 2. The molecule has 2 rings (SSSR count). The molecule has 0 spiro atoms. The van der Waals surface area contributed by atoms with Crippen LogP contribution < -0.4 is 20.5 Å². The summed E-state index contributed by atoms with van der Waals surface area (Å²) in [7, 11) is 2.78. The van der Waals surface area contributed by atoms with E-state index in [1.165, 1.54) is 26.4 Å². The molecule has 0 aromatic heterocycles. The third kappa shape index (κ3) is 3.94. The molecule has 3 N–H and O–H groups in total. The summed E-state index contributed by atoms with van der Waals surface area (Å²) in [5.41, 5.74) is 5.44. The van der Waals surface area contributed by atoms with E-state index in [2.05, 4.69) is 5.32 Å². The van der Waals surface area contributed by atoms with E-state index in [9.17, 15) is 14.9 Å². The van der Waals surface area contributed by atoms with Crippen LogP contribution in [-0.4, -0.2) is 37.1 Å². The van der Waals surface area contributed by atoms with Gasteiger partial charge < -0.3 is 20.5 Å². The fourth-order valence-corrected chi connectivity index (χ4v) is 2.99. The minimum Gasteiger partial charge on any atom is -0.493 e. The van der Waals surface area contributed by atoms with Gasteiger partial charge in [0.2, 0.25) is 0 Å². The smallest absolute Gasteiger partial charge is 0.286 e. The lowest BCUT2D eigenvalue weighted by atomic mass is 9.82. The summed E-state index contributed by atoms with van der Waals surface area (Å²) in [6.45, 7) is 0.289. The number of hydrogen-bond acceptors (Lipinski definition) is 6. The zero-order valence-electron chi connectivity index (χ0n) is 14.0. The fraction of sp³-hybridized carbons (Fsp3) is 0.562. The van der Waals surface area contributed by atoms with Crippen LogP contribution in [0.2, 0.25) is 0 Å². The van der Waals surface area contributed by atoms with Gasteiger partial charge in [0.25, 0.3) is 11.6 Å². The molecular weight excluding hydrogens is 314 g/mol. The van der Waals surface area contributed by atoms with Crippen molar-refractivity contribution >= 4 is 11.6 Å². The molecule has 1 aromatic rings. The molecule has 1 aliphatic carbocycles. The van der Waals surface area contributed by atoms with Gasteiger partial charge in [-0.1, -0.05) is 19.3 Å². The zero-order valence-corrected chi connectivity index (χ0v) is 14.0. The molecule has 0 atom stereocenters. The third-order valence-electron chi connectivity index (χ3n) is 4.39. The van der Waals surface area contributed by atoms with Crippen LogP contribution in [0.1, 0.15) is 42.5 Å². The number of carbonyl (C=O) groups excluding carboxylic acids is 1. The highest BCUT2D eigenvalue weighted by atomic mass is 16.6. The van der Waals surface area contributed by atoms with E-state index < -0.39 is 16.4 Å². The van der Waals surface area contributed by atoms with Gasteiger partial charge in [-0.2, -0.15) is 0 Å². The molecule has 0 aliphatic heterocycles. The number of rotatable bonds is 6. The number of nitrogens with zero attached hydrogens (tertiary/aromatic N) is 1. The lowest BCUT2D eigenvalue weighted by Gasteiger charge is -2.33. The predicted octanol–water partition coefficient (Wildman–Crippen LogP) is 2.00. The summed E-state index contributed by atoms with van der Waals surface area (Å²) in [6, 6.07) is 2.50. The van der Waals surface area contributed by atoms with Crippen molar-refractivity contribution in [1.82, 2.24) is 5.32 Å². The van der Waals surface area contributed by atoms with E-state index in [1.54, 1.807) is 0 Å². The van der Waals surface area contributed by atoms with E-state index in [0.717, 1.165) is 32.1 Å². The molecule has 1 saturated carbocycles. The van der Waals surface area contributed by atoms with Crippen LogP contribution in [0.3, 0.4) is 0 Å². The Morgan fingerprint density at radius 1 is 1.25 bits per heavy atom. The largest absolute Gasteiger partial charge is 0.493 e. The quantitative estimate of drug-likeness (QED) is 0.606. The highest BCUT2D eigenvalue weighted by molar-refractivity contribution is 5.99. The van der Waals surface area contributed by atoms with Crippen molar-refractivity contribution in [1.29, 1.82) is 0 Å². The van der Waals surface area contributed by atoms with Gasteiger partial charge in [-0.15, -0.1) is 0 Å². The van der Waals surface area contributed by atoms with Crippen molar-refractivity contribution in [2.24, 2.45) is 5.73 Å². The van der Waals surface area contributed by atoms with E-state index in [1.807, 2.05) is 0 Å². The summed E-state index contributed by atoms with van der Waals surface area (Å²) in [4.78, 5) is 23.1. The minimum atomic E-state index is -0.615. The molecule has 8 nitrogen and oxygen atoms in total. The molecule has 1 aliphatic rings. The van der Waals surface area contributed by atoms with Gasteiger partial charge in [-0.3, -0.25) is 14.9 Å². The Kier molecular flexibility index (Phi) is 5.61. The number of ether oxygens (including phenoxy) is 2. The number of amides is 1. The van der Waals surface area contributed by atoms with Crippen molar-refractivity contribution in [2.45, 2.75) is 37.6 Å². The van der Waals surface area contributed by atoms with Gasteiger partial charge in [-0.25, -0.2) is 0 Å². The normalized spacial score (nSPS) is 16.3. The maximum absolute atomic E-state index is 12.5. The number of nitrogens with two attached hydrogens (primary N) is 1. The lowest BCUT2D eigenvalue weighted by molar-refractivity contribution is -0.385. The van der Waals surface area contributed by atoms with Gasteiger partial charge in [-0.05, 0) is 12.8 Å². The third-order valence-corrected chi connectivity index (χ3v) is 4.39. The molecule has 1 aromatic carbocycles. The van der Waals surface area contributed by atoms with Crippen molar-refractivity contribution in [3.05, 3.63) is 27.8 Å². The van der Waals surface area contributed by atoms with Crippen LogP contribution in [0.25, 0.3) is 0 Å². The Bertz CT molecular complexity index is 626. The number of benzene rings is 1. The van der Waals surface area contributed by atoms with Crippen LogP contribution in [0.5, 0.6) is 11.5 Å². The van der Waals surface area contributed by atoms with Gasteiger partial charge >= 0.3 is 0 Å². The fourth-order valence-electron chi connectivity index (χ4n) is 2.99. The Labute approximate surface area is 140 Å². The number of nitro benzene ring substituents is 1. The number of methoxy groups -OCH3 is 2. The Morgan fingerprint density at radius 2 is 1.83 bits per heavy atom. The Hall–Kier alpha value is -2.35. The molecule has 0 bridgehead atoms. The Morgan fingerprint density at radius 3 is 2.38 bits per heavy atom. The van der Waals surface area contributed by atoms with E-state index >= 15 is 0 Å². The number of nitro groups is 1. The van der Waals surface area contributed by atoms with Gasteiger partial charge in [0, 0.05) is 18.2 Å². The standard InChI is InChI=1S/C16H23N3O5/c1-23-13-8-11(12(19(21)22)9-14(13)24-2)15(20)18-10-16(17)6-4-3-5-7-16/h8-9H,3-7,10,17H2,1-2H3,(H,18,20). The van der Waals surface area contributed by atoms with Crippen molar-refractivity contribution < 1.29 is 19.2 Å².